The number of aromatic nitrogens is 2. The Morgan fingerprint density at radius 1 is 1.35 bits per heavy atom. The monoisotopic (exact) mass is 235 g/mol. The first kappa shape index (κ1) is 12.6. The number of rotatable bonds is 4. The highest BCUT2D eigenvalue weighted by atomic mass is 15.1. The highest BCUT2D eigenvalue weighted by Gasteiger charge is 2.23. The molecule has 0 unspecified atom stereocenters. The molecule has 1 aromatic heterocycles. The van der Waals surface area contributed by atoms with Crippen molar-refractivity contribution >= 4 is 0 Å². The Bertz CT molecular complexity index is 337. The fourth-order valence-electron chi connectivity index (χ4n) is 2.95. The summed E-state index contributed by atoms with van der Waals surface area (Å²) < 4.78 is 2.33. The normalized spacial score (nSPS) is 27.0. The first-order valence-corrected chi connectivity index (χ1v) is 7.03. The van der Waals surface area contributed by atoms with E-state index in [2.05, 4.69) is 23.4 Å². The second-order valence-corrected chi connectivity index (χ2v) is 5.32. The van der Waals surface area contributed by atoms with Crippen molar-refractivity contribution in [2.45, 2.75) is 64.5 Å². The minimum atomic E-state index is 0.140. The van der Waals surface area contributed by atoms with E-state index in [0.29, 0.717) is 6.04 Å². The third-order valence-corrected chi connectivity index (χ3v) is 4.30. The molecule has 1 fully saturated rings. The molecule has 1 aliphatic rings. The molecular weight excluding hydrogens is 210 g/mol. The first-order valence-electron chi connectivity index (χ1n) is 7.03. The van der Waals surface area contributed by atoms with Crippen molar-refractivity contribution in [1.29, 1.82) is 0 Å². The van der Waals surface area contributed by atoms with E-state index in [4.69, 9.17) is 5.73 Å². The summed E-state index contributed by atoms with van der Waals surface area (Å²) in [7, 11) is 0. The van der Waals surface area contributed by atoms with Crippen molar-refractivity contribution in [3.63, 3.8) is 0 Å². The van der Waals surface area contributed by atoms with Gasteiger partial charge in [-0.15, -0.1) is 0 Å². The van der Waals surface area contributed by atoms with E-state index in [1.54, 1.807) is 0 Å². The van der Waals surface area contributed by atoms with Gasteiger partial charge in [0.15, 0.2) is 0 Å². The van der Waals surface area contributed by atoms with Crippen LogP contribution in [0.2, 0.25) is 0 Å². The summed E-state index contributed by atoms with van der Waals surface area (Å²) in [4.78, 5) is 4.29. The standard InChI is InChI=1S/C14H25N3/c1-3-11-5-7-12(8-6-11)17-10-16-9-14(17)13(15)4-2/h9-13H,3-8,15H2,1-2H3/t11?,12?,13-/m1/s1. The quantitative estimate of drug-likeness (QED) is 0.868. The maximum Gasteiger partial charge on any atom is 0.0951 e. The predicted octanol–water partition coefficient (Wildman–Crippen LogP) is 3.43. The molecule has 0 aliphatic heterocycles. The van der Waals surface area contributed by atoms with E-state index in [9.17, 15) is 0 Å². The highest BCUT2D eigenvalue weighted by molar-refractivity contribution is 5.06. The zero-order valence-electron chi connectivity index (χ0n) is 11.1. The molecule has 3 nitrogen and oxygen atoms in total. The Kier molecular flexibility index (Phi) is 4.21. The molecule has 1 aromatic rings. The summed E-state index contributed by atoms with van der Waals surface area (Å²) in [6.45, 7) is 4.44. The summed E-state index contributed by atoms with van der Waals surface area (Å²) in [6, 6.07) is 0.772. The van der Waals surface area contributed by atoms with Crippen LogP contribution in [0, 0.1) is 5.92 Å². The molecule has 0 bridgehead atoms. The summed E-state index contributed by atoms with van der Waals surface area (Å²) in [5.74, 6) is 0.943. The molecular formula is C14H25N3. The van der Waals surface area contributed by atoms with Gasteiger partial charge in [-0.05, 0) is 38.0 Å². The fraction of sp³-hybridized carbons (Fsp3) is 0.786. The van der Waals surface area contributed by atoms with Crippen LogP contribution in [0.5, 0.6) is 0 Å². The summed E-state index contributed by atoms with van der Waals surface area (Å²) >= 11 is 0. The Morgan fingerprint density at radius 2 is 2.06 bits per heavy atom. The maximum absolute atomic E-state index is 6.14. The predicted molar refractivity (Wildman–Crippen MR) is 70.7 cm³/mol. The van der Waals surface area contributed by atoms with Crippen LogP contribution < -0.4 is 5.73 Å². The van der Waals surface area contributed by atoms with Gasteiger partial charge in [-0.2, -0.15) is 0 Å². The zero-order chi connectivity index (χ0) is 12.3. The SMILES string of the molecule is CCC1CCC(n2cncc2[C@H](N)CC)CC1. The molecule has 96 valence electrons. The lowest BCUT2D eigenvalue weighted by Gasteiger charge is -2.30. The van der Waals surface area contributed by atoms with Crippen LogP contribution in [-0.4, -0.2) is 9.55 Å². The zero-order valence-corrected chi connectivity index (χ0v) is 11.1. The second-order valence-electron chi connectivity index (χ2n) is 5.32. The molecule has 3 heteroatoms. The number of hydrogen-bond acceptors (Lipinski definition) is 2. The Morgan fingerprint density at radius 3 is 2.65 bits per heavy atom. The lowest BCUT2D eigenvalue weighted by atomic mass is 9.84. The van der Waals surface area contributed by atoms with Crippen LogP contribution in [-0.2, 0) is 0 Å². The van der Waals surface area contributed by atoms with Crippen molar-refractivity contribution in [3.8, 4) is 0 Å². The number of hydrogen-bond donors (Lipinski definition) is 1. The van der Waals surface area contributed by atoms with Crippen molar-refractivity contribution in [2.75, 3.05) is 0 Å². The average Bonchev–Trinajstić information content (AvgIpc) is 2.87. The molecule has 0 aromatic carbocycles. The van der Waals surface area contributed by atoms with Gasteiger partial charge in [0.1, 0.15) is 0 Å². The van der Waals surface area contributed by atoms with Gasteiger partial charge in [-0.1, -0.05) is 20.3 Å². The van der Waals surface area contributed by atoms with E-state index < -0.39 is 0 Å². The summed E-state index contributed by atoms with van der Waals surface area (Å²) in [6.07, 6.45) is 11.5. The van der Waals surface area contributed by atoms with Crippen LogP contribution in [0.4, 0.5) is 0 Å². The molecule has 1 heterocycles. The molecule has 0 spiro atoms. The molecule has 0 radical (unpaired) electrons. The smallest absolute Gasteiger partial charge is 0.0951 e. The van der Waals surface area contributed by atoms with E-state index in [-0.39, 0.29) is 6.04 Å². The van der Waals surface area contributed by atoms with Gasteiger partial charge in [-0.3, -0.25) is 0 Å². The van der Waals surface area contributed by atoms with Crippen LogP contribution in [0.15, 0.2) is 12.5 Å². The van der Waals surface area contributed by atoms with Gasteiger partial charge in [0.2, 0.25) is 0 Å². The Balaban J connectivity index is 2.05. The van der Waals surface area contributed by atoms with Crippen LogP contribution in [0.1, 0.15) is 70.2 Å². The maximum atomic E-state index is 6.14. The van der Waals surface area contributed by atoms with E-state index in [1.165, 1.54) is 37.8 Å². The molecule has 1 saturated carbocycles. The minimum absolute atomic E-state index is 0.140. The fourth-order valence-corrected chi connectivity index (χ4v) is 2.95. The van der Waals surface area contributed by atoms with E-state index in [0.717, 1.165) is 12.3 Å². The van der Waals surface area contributed by atoms with Crippen molar-refractivity contribution in [1.82, 2.24) is 9.55 Å². The minimum Gasteiger partial charge on any atom is -0.330 e. The Labute approximate surface area is 104 Å². The Hall–Kier alpha value is -0.830. The van der Waals surface area contributed by atoms with Crippen LogP contribution in [0.3, 0.4) is 0 Å². The summed E-state index contributed by atoms with van der Waals surface area (Å²) in [5.41, 5.74) is 7.35. The largest absolute Gasteiger partial charge is 0.330 e. The molecule has 1 atom stereocenters. The molecule has 17 heavy (non-hydrogen) atoms. The van der Waals surface area contributed by atoms with Gasteiger partial charge < -0.3 is 10.3 Å². The van der Waals surface area contributed by atoms with Crippen molar-refractivity contribution < 1.29 is 0 Å². The van der Waals surface area contributed by atoms with Gasteiger partial charge >= 0.3 is 0 Å². The number of imidazole rings is 1. The van der Waals surface area contributed by atoms with Crippen LogP contribution in [0.25, 0.3) is 0 Å². The second kappa shape index (κ2) is 5.67. The van der Waals surface area contributed by atoms with Gasteiger partial charge in [0.25, 0.3) is 0 Å². The first-order chi connectivity index (χ1) is 8.26. The highest BCUT2D eigenvalue weighted by Crippen LogP contribution is 2.35. The third kappa shape index (κ3) is 2.71. The van der Waals surface area contributed by atoms with Crippen molar-refractivity contribution in [3.05, 3.63) is 18.2 Å². The number of nitrogens with two attached hydrogens (primary N) is 1. The molecule has 0 saturated heterocycles. The van der Waals surface area contributed by atoms with Gasteiger partial charge in [0, 0.05) is 18.3 Å². The van der Waals surface area contributed by atoms with E-state index in [1.807, 2.05) is 12.5 Å². The molecule has 0 amide bonds. The number of nitrogens with zero attached hydrogens (tertiary/aromatic N) is 2. The van der Waals surface area contributed by atoms with Crippen molar-refractivity contribution in [2.24, 2.45) is 11.7 Å². The summed E-state index contributed by atoms with van der Waals surface area (Å²) in [5, 5.41) is 0. The lowest BCUT2D eigenvalue weighted by Crippen LogP contribution is -2.22. The molecule has 2 rings (SSSR count). The van der Waals surface area contributed by atoms with Gasteiger partial charge in [-0.25, -0.2) is 4.98 Å². The molecule has 2 N–H and O–H groups in total. The molecule has 1 aliphatic carbocycles. The van der Waals surface area contributed by atoms with Gasteiger partial charge in [0.05, 0.1) is 12.0 Å². The lowest BCUT2D eigenvalue weighted by molar-refractivity contribution is 0.264. The topological polar surface area (TPSA) is 43.8 Å². The van der Waals surface area contributed by atoms with E-state index >= 15 is 0 Å². The third-order valence-electron chi connectivity index (χ3n) is 4.30. The van der Waals surface area contributed by atoms with Crippen LogP contribution >= 0.6 is 0 Å². The average molecular weight is 235 g/mol.